The van der Waals surface area contributed by atoms with Gasteiger partial charge in [0.25, 0.3) is 11.8 Å². The van der Waals surface area contributed by atoms with Crippen molar-refractivity contribution in [2.75, 3.05) is 172 Å². The van der Waals surface area contributed by atoms with Crippen LogP contribution < -0.4 is 29.6 Å². The number of amides is 4. The molecule has 30 heteroatoms. The van der Waals surface area contributed by atoms with Crippen LogP contribution >= 0.6 is 23.5 Å². The molecule has 0 bridgehead atoms. The molecule has 110 heavy (non-hydrogen) atoms. The number of carbonyl (C=O) groups excluding carboxylic acids is 6. The van der Waals surface area contributed by atoms with Gasteiger partial charge in [-0.3, -0.25) is 38.8 Å². The highest BCUT2D eigenvalue weighted by atomic mass is 32.2. The number of aliphatic hydroxyl groups excluding tert-OH is 2. The van der Waals surface area contributed by atoms with E-state index >= 15 is 0 Å². The molecule has 2 atom stereocenters. The summed E-state index contributed by atoms with van der Waals surface area (Å²) in [6, 6.07) is 18.4. The molecule has 0 radical (unpaired) electrons. The lowest BCUT2D eigenvalue weighted by molar-refractivity contribution is -0.142. The number of hydrogen-bond acceptors (Lipinski definition) is 26. The second-order valence-corrected chi connectivity index (χ2v) is 29.9. The maximum Gasteiger partial charge on any atom is 0.307 e. The summed E-state index contributed by atoms with van der Waals surface area (Å²) in [6.07, 6.45) is 9.72. The van der Waals surface area contributed by atoms with Crippen molar-refractivity contribution < 1.29 is 105 Å². The summed E-state index contributed by atoms with van der Waals surface area (Å²) in [5.74, 6) is 1.12. The highest BCUT2D eigenvalue weighted by Crippen LogP contribution is 2.43. The zero-order valence-electron chi connectivity index (χ0n) is 65.1. The molecule has 4 aliphatic rings. The Labute approximate surface area is 653 Å². The maximum absolute atomic E-state index is 13.8. The molecule has 4 amide bonds. The Hall–Kier alpha value is -7.98. The molecule has 2 fully saturated rings. The summed E-state index contributed by atoms with van der Waals surface area (Å²) >= 11 is 2.99. The van der Waals surface area contributed by atoms with Crippen molar-refractivity contribution in [3.8, 4) is 23.0 Å². The van der Waals surface area contributed by atoms with E-state index in [2.05, 4.69) is 58.2 Å². The summed E-state index contributed by atoms with van der Waals surface area (Å²) in [5, 5.41) is 24.7. The molecule has 0 saturated carbocycles. The molecule has 2 saturated heterocycles. The van der Waals surface area contributed by atoms with E-state index < -0.39 is 4.75 Å². The fraction of sp³-hybridized carbons (Fsp3) is 0.550. The molecule has 4 aromatic carbocycles. The second-order valence-electron chi connectivity index (χ2n) is 26.7. The molecule has 4 N–H and O–H groups in total. The van der Waals surface area contributed by atoms with Crippen molar-refractivity contribution in [2.24, 2.45) is 9.98 Å². The zero-order chi connectivity index (χ0) is 79.3. The third-order valence-corrected chi connectivity index (χ3v) is 20.9. The first-order valence-electron chi connectivity index (χ1n) is 36.9. The van der Waals surface area contributed by atoms with Gasteiger partial charge in [-0.05, 0) is 106 Å². The van der Waals surface area contributed by atoms with Gasteiger partial charge in [0.2, 0.25) is 11.8 Å². The smallest absolute Gasteiger partial charge is 0.307 e. The monoisotopic (exact) mass is 1570 g/mol. The number of ether oxygens (including phenoxy) is 14. The third-order valence-electron chi connectivity index (χ3n) is 18.1. The van der Waals surface area contributed by atoms with Crippen LogP contribution in [0.15, 0.2) is 93.9 Å². The number of esters is 2. The van der Waals surface area contributed by atoms with Crippen LogP contribution in [0.1, 0.15) is 121 Å². The Bertz CT molecular complexity index is 3620. The van der Waals surface area contributed by atoms with E-state index in [0.29, 0.717) is 171 Å². The van der Waals surface area contributed by atoms with Gasteiger partial charge in [-0.2, -0.15) is 0 Å². The van der Waals surface area contributed by atoms with Gasteiger partial charge in [0.1, 0.15) is 13.2 Å². The quantitative estimate of drug-likeness (QED) is 0.0182. The predicted molar refractivity (Wildman–Crippen MR) is 419 cm³/mol. The molecule has 0 aromatic heterocycles. The first kappa shape index (κ1) is 89.2. The minimum atomic E-state index is -0.550. The highest BCUT2D eigenvalue weighted by Gasteiger charge is 2.37. The lowest BCUT2D eigenvalue weighted by Gasteiger charge is -2.26. The molecule has 28 nitrogen and oxygen atoms in total. The minimum Gasteiger partial charge on any atom is -0.493 e. The van der Waals surface area contributed by atoms with Gasteiger partial charge >= 0.3 is 11.9 Å². The SMILES string of the molecule is C/C=C1\C[C@H]2C=Nc3cc(OCc4cc(COc5cc6c(cc5OC)C(=O)N5C/C(=C/C)C[C@H]5C=N6)cc(C(C)(C)SCC(=O)NCCOCCOCCOCCOCCC(=O)OC)c4)c(OC)cc3C(=O)N2C1.COC(=O)CCOCCOCCOCCOCCNC(=O)CSC(C)(C)c1cc(CO)cc(CO)c1. The maximum atomic E-state index is 13.8. The molecule has 0 aliphatic carbocycles. The molecule has 4 aliphatic heterocycles. The van der Waals surface area contributed by atoms with Crippen molar-refractivity contribution in [3.05, 3.63) is 128 Å². The van der Waals surface area contributed by atoms with Gasteiger partial charge in [-0.1, -0.05) is 53.6 Å². The van der Waals surface area contributed by atoms with Gasteiger partial charge in [0.15, 0.2) is 23.0 Å². The number of nitrogens with one attached hydrogen (secondary N) is 2. The normalized spacial score (nSPS) is 15.8. The molecular weight excluding hydrogens is 1460 g/mol. The van der Waals surface area contributed by atoms with Crippen LogP contribution in [-0.2, 0) is 102 Å². The fourth-order valence-electron chi connectivity index (χ4n) is 11.7. The number of hydrogen-bond donors (Lipinski definition) is 4. The van der Waals surface area contributed by atoms with E-state index in [1.807, 2.05) is 68.1 Å². The first-order chi connectivity index (χ1) is 53.2. The van der Waals surface area contributed by atoms with Crippen LogP contribution in [0.25, 0.3) is 0 Å². The average Bonchev–Trinajstić information content (AvgIpc) is 1.61. The number of aliphatic hydroxyl groups is 2. The van der Waals surface area contributed by atoms with Gasteiger partial charge in [-0.25, -0.2) is 0 Å². The van der Waals surface area contributed by atoms with E-state index in [1.165, 1.54) is 48.9 Å². The number of thioether (sulfide) groups is 2. The topological polar surface area (TPSA) is 327 Å². The summed E-state index contributed by atoms with van der Waals surface area (Å²) < 4.78 is 76.2. The van der Waals surface area contributed by atoms with Crippen molar-refractivity contribution >= 4 is 82.9 Å². The van der Waals surface area contributed by atoms with Gasteiger partial charge in [0, 0.05) is 60.2 Å². The van der Waals surface area contributed by atoms with Crippen LogP contribution in [0, 0.1) is 0 Å². The number of nitrogens with zero attached hydrogens (tertiary/aromatic N) is 4. The Kier molecular flexibility index (Phi) is 38.4. The van der Waals surface area contributed by atoms with Gasteiger partial charge in [-0.15, -0.1) is 23.5 Å². The summed E-state index contributed by atoms with van der Waals surface area (Å²) in [4.78, 5) is 88.1. The van der Waals surface area contributed by atoms with E-state index in [9.17, 15) is 39.0 Å². The molecule has 0 spiro atoms. The Balaban J connectivity index is 0.000000393. The Morgan fingerprint density at radius 1 is 0.473 bits per heavy atom. The largest absolute Gasteiger partial charge is 0.493 e. The van der Waals surface area contributed by atoms with E-state index in [1.54, 1.807) is 44.6 Å². The Morgan fingerprint density at radius 3 is 1.15 bits per heavy atom. The van der Waals surface area contributed by atoms with E-state index in [0.717, 1.165) is 46.2 Å². The van der Waals surface area contributed by atoms with Crippen molar-refractivity contribution in [2.45, 2.75) is 115 Å². The standard InChI is InChI=1S/C55H69N5O13S.C25H41NO9S/c1-8-36-23-41-29-57-45-27-49(47(65-5)25-43(45)53(63)59(41)31-36)72-33-38-20-39(34-73-50-28-46-44(26-48(50)66-6)54(64)60-32-37(9-2)24-42(60)30-58-46)22-40(21-38)55(3,4)74-35-51(61)56-11-13-69-15-17-71-19-18-70-16-14-68-12-10-52(62)67-7;1-25(2,22-15-20(17-27)14-21(16-22)18-28)36-19-23(29)26-5-7-33-9-11-35-13-12-34-10-8-32-6-4-24(30)31-3/h8-9,20-22,25-30,41-42H,10-19,23-24,31-35H2,1-7H3,(H,56,61);14-16,27-28H,4-13,17-19H2,1-3H3,(H,26,29)/b36-8+,37-9+;/t41-,42-;/m0./s1. The lowest BCUT2D eigenvalue weighted by Crippen LogP contribution is -2.35. The van der Waals surface area contributed by atoms with Crippen LogP contribution in [0.2, 0.25) is 0 Å². The van der Waals surface area contributed by atoms with Crippen LogP contribution in [0.3, 0.4) is 0 Å². The number of methoxy groups -OCH3 is 4. The van der Waals surface area contributed by atoms with Crippen molar-refractivity contribution in [3.63, 3.8) is 0 Å². The average molecular weight is 1570 g/mol. The molecule has 0 unspecified atom stereocenters. The number of carbonyl (C=O) groups is 6. The number of benzene rings is 4. The van der Waals surface area contributed by atoms with Crippen LogP contribution in [-0.4, -0.2) is 252 Å². The van der Waals surface area contributed by atoms with Crippen molar-refractivity contribution in [1.29, 1.82) is 0 Å². The summed E-state index contributed by atoms with van der Waals surface area (Å²) in [7, 11) is 5.78. The number of allylic oxidation sites excluding steroid dienone is 2. The third kappa shape index (κ3) is 29.0. The van der Waals surface area contributed by atoms with Crippen LogP contribution in [0.5, 0.6) is 23.0 Å². The summed E-state index contributed by atoms with van der Waals surface area (Å²) in [6.45, 7) is 20.3. The summed E-state index contributed by atoms with van der Waals surface area (Å²) in [5.41, 5.74) is 9.33. The van der Waals surface area contributed by atoms with Crippen LogP contribution in [0.4, 0.5) is 11.4 Å². The van der Waals surface area contributed by atoms with Crippen molar-refractivity contribution in [1.82, 2.24) is 20.4 Å². The predicted octanol–water partition coefficient (Wildman–Crippen LogP) is 8.71. The van der Waals surface area contributed by atoms with E-state index in [-0.39, 0.29) is 110 Å². The molecule has 604 valence electrons. The number of aliphatic imine (C=N–C) groups is 2. The second kappa shape index (κ2) is 47.4. The molecule has 4 aromatic rings. The lowest BCUT2D eigenvalue weighted by atomic mass is 9.97. The minimum absolute atomic E-state index is 0.0833. The fourth-order valence-corrected chi connectivity index (χ4v) is 13.5. The molecule has 8 rings (SSSR count). The van der Waals surface area contributed by atoms with E-state index in [4.69, 9.17) is 66.8 Å². The Morgan fingerprint density at radius 2 is 0.809 bits per heavy atom. The molecular formula is C80H110N6O22S2. The highest BCUT2D eigenvalue weighted by molar-refractivity contribution is 8.01. The molecule has 4 heterocycles. The zero-order valence-corrected chi connectivity index (χ0v) is 66.7. The first-order valence-corrected chi connectivity index (χ1v) is 38.9. The number of rotatable bonds is 48. The number of fused-ring (bicyclic) bond motifs is 4. The van der Waals surface area contributed by atoms with Gasteiger partial charge < -0.3 is 97.0 Å². The van der Waals surface area contributed by atoms with Gasteiger partial charge in [0.05, 0.1) is 206 Å².